The largest absolute Gasteiger partial charge is 0.462 e. The topological polar surface area (TPSA) is 78.9 Å². The lowest BCUT2D eigenvalue weighted by molar-refractivity contribution is -0.167. The SMILES string of the molecule is CCCCCCCCCC(=O)OC[C@@H](COC(=O)CCCCCCCCCCCCCCCCCCCCC(C)C)OC(=O)CCCCCCCCCCC(C)CC. The molecular weight excluding hydrogens is 721 g/mol. The Balaban J connectivity index is 4.13. The fourth-order valence-corrected chi connectivity index (χ4v) is 7.78. The Morgan fingerprint density at radius 2 is 0.655 bits per heavy atom. The van der Waals surface area contributed by atoms with Gasteiger partial charge in [-0.05, 0) is 31.1 Å². The van der Waals surface area contributed by atoms with Crippen LogP contribution >= 0.6 is 0 Å². The van der Waals surface area contributed by atoms with Crippen molar-refractivity contribution in [3.63, 3.8) is 0 Å². The molecule has 0 spiro atoms. The van der Waals surface area contributed by atoms with E-state index < -0.39 is 6.10 Å². The summed E-state index contributed by atoms with van der Waals surface area (Å²) in [5, 5.41) is 0. The minimum atomic E-state index is -0.760. The Morgan fingerprint density at radius 3 is 0.983 bits per heavy atom. The fourth-order valence-electron chi connectivity index (χ4n) is 7.78. The van der Waals surface area contributed by atoms with Gasteiger partial charge in [0, 0.05) is 19.3 Å². The minimum absolute atomic E-state index is 0.0645. The van der Waals surface area contributed by atoms with E-state index in [1.807, 2.05) is 0 Å². The van der Waals surface area contributed by atoms with Crippen LogP contribution in [0.2, 0.25) is 0 Å². The summed E-state index contributed by atoms with van der Waals surface area (Å²) in [4.78, 5) is 37.7. The normalized spacial score (nSPS) is 12.5. The molecule has 0 aliphatic rings. The summed E-state index contributed by atoms with van der Waals surface area (Å²) in [6.07, 6.45) is 45.3. The smallest absolute Gasteiger partial charge is 0.306 e. The highest BCUT2D eigenvalue weighted by molar-refractivity contribution is 5.71. The van der Waals surface area contributed by atoms with Crippen LogP contribution in [0.3, 0.4) is 0 Å². The van der Waals surface area contributed by atoms with Crippen LogP contribution in [-0.2, 0) is 28.6 Å². The molecule has 344 valence electrons. The molecular formula is C52H100O6. The molecule has 0 radical (unpaired) electrons. The van der Waals surface area contributed by atoms with Gasteiger partial charge in [0.25, 0.3) is 0 Å². The molecule has 58 heavy (non-hydrogen) atoms. The van der Waals surface area contributed by atoms with Crippen molar-refractivity contribution in [1.82, 2.24) is 0 Å². The summed E-state index contributed by atoms with van der Waals surface area (Å²) in [5.74, 6) is 0.846. The Morgan fingerprint density at radius 1 is 0.362 bits per heavy atom. The van der Waals surface area contributed by atoms with Crippen molar-refractivity contribution in [3.8, 4) is 0 Å². The molecule has 0 amide bonds. The number of rotatable bonds is 46. The van der Waals surface area contributed by atoms with Crippen LogP contribution in [0.15, 0.2) is 0 Å². The minimum Gasteiger partial charge on any atom is -0.462 e. The summed E-state index contributed by atoms with van der Waals surface area (Å²) in [6.45, 7) is 11.4. The molecule has 0 N–H and O–H groups in total. The van der Waals surface area contributed by atoms with E-state index in [1.165, 1.54) is 173 Å². The van der Waals surface area contributed by atoms with E-state index in [0.717, 1.165) is 69.6 Å². The molecule has 6 nitrogen and oxygen atoms in total. The molecule has 0 saturated heterocycles. The molecule has 0 bridgehead atoms. The summed E-state index contributed by atoms with van der Waals surface area (Å²) >= 11 is 0. The maximum Gasteiger partial charge on any atom is 0.306 e. The van der Waals surface area contributed by atoms with Crippen molar-refractivity contribution in [1.29, 1.82) is 0 Å². The molecule has 0 aromatic heterocycles. The molecule has 0 heterocycles. The van der Waals surface area contributed by atoms with Gasteiger partial charge in [-0.2, -0.15) is 0 Å². The van der Waals surface area contributed by atoms with Gasteiger partial charge in [-0.3, -0.25) is 14.4 Å². The van der Waals surface area contributed by atoms with E-state index in [1.54, 1.807) is 0 Å². The van der Waals surface area contributed by atoms with Gasteiger partial charge < -0.3 is 14.2 Å². The standard InChI is InChI=1S/C52H100O6/c1-6-8-9-10-25-32-37-42-50(53)56-45-49(58-52(55)44-39-34-29-24-23-27-31-36-41-48(5)7-2)46-57-51(54)43-38-33-28-22-20-18-16-14-12-11-13-15-17-19-21-26-30-35-40-47(3)4/h47-49H,6-46H2,1-5H3/t48?,49-/m0/s1. The van der Waals surface area contributed by atoms with E-state index in [-0.39, 0.29) is 31.1 Å². The summed E-state index contributed by atoms with van der Waals surface area (Å²) in [5.41, 5.74) is 0. The highest BCUT2D eigenvalue weighted by atomic mass is 16.6. The Labute approximate surface area is 361 Å². The molecule has 0 saturated carbocycles. The lowest BCUT2D eigenvalue weighted by atomic mass is 9.99. The zero-order chi connectivity index (χ0) is 42.6. The fraction of sp³-hybridized carbons (Fsp3) is 0.942. The van der Waals surface area contributed by atoms with Gasteiger partial charge in [-0.25, -0.2) is 0 Å². The van der Waals surface area contributed by atoms with Gasteiger partial charge >= 0.3 is 17.9 Å². The summed E-state index contributed by atoms with van der Waals surface area (Å²) < 4.78 is 16.7. The number of hydrogen-bond acceptors (Lipinski definition) is 6. The predicted octanol–water partition coefficient (Wildman–Crippen LogP) is 16.5. The van der Waals surface area contributed by atoms with Crippen molar-refractivity contribution in [2.75, 3.05) is 13.2 Å². The average Bonchev–Trinajstić information content (AvgIpc) is 3.21. The lowest BCUT2D eigenvalue weighted by Crippen LogP contribution is -2.30. The molecule has 2 atom stereocenters. The van der Waals surface area contributed by atoms with Crippen LogP contribution in [0.25, 0.3) is 0 Å². The highest BCUT2D eigenvalue weighted by Gasteiger charge is 2.19. The third-order valence-corrected chi connectivity index (χ3v) is 12.1. The first kappa shape index (κ1) is 56.4. The summed E-state index contributed by atoms with van der Waals surface area (Å²) in [7, 11) is 0. The van der Waals surface area contributed by atoms with E-state index in [2.05, 4.69) is 34.6 Å². The van der Waals surface area contributed by atoms with Crippen molar-refractivity contribution < 1.29 is 28.6 Å². The number of ether oxygens (including phenoxy) is 3. The van der Waals surface area contributed by atoms with Crippen LogP contribution in [-0.4, -0.2) is 37.2 Å². The van der Waals surface area contributed by atoms with Gasteiger partial charge in [0.1, 0.15) is 13.2 Å². The van der Waals surface area contributed by atoms with E-state index >= 15 is 0 Å². The highest BCUT2D eigenvalue weighted by Crippen LogP contribution is 2.18. The Bertz CT molecular complexity index is 887. The van der Waals surface area contributed by atoms with Crippen LogP contribution in [0, 0.1) is 11.8 Å². The number of hydrogen-bond donors (Lipinski definition) is 0. The van der Waals surface area contributed by atoms with E-state index in [9.17, 15) is 14.4 Å². The maximum atomic E-state index is 12.7. The number of carbonyl (C=O) groups excluding carboxylic acids is 3. The van der Waals surface area contributed by atoms with Crippen LogP contribution in [0.1, 0.15) is 285 Å². The second kappa shape index (κ2) is 44.9. The van der Waals surface area contributed by atoms with Gasteiger partial charge in [-0.1, -0.05) is 247 Å². The van der Waals surface area contributed by atoms with E-state index in [4.69, 9.17) is 14.2 Å². The zero-order valence-electron chi connectivity index (χ0n) is 39.7. The Hall–Kier alpha value is -1.59. The van der Waals surface area contributed by atoms with Gasteiger partial charge in [0.15, 0.2) is 6.10 Å². The zero-order valence-corrected chi connectivity index (χ0v) is 39.7. The second-order valence-corrected chi connectivity index (χ2v) is 18.5. The first-order valence-electron chi connectivity index (χ1n) is 25.8. The molecule has 6 heteroatoms. The van der Waals surface area contributed by atoms with Gasteiger partial charge in [0.2, 0.25) is 0 Å². The summed E-state index contributed by atoms with van der Waals surface area (Å²) in [6, 6.07) is 0. The first-order valence-corrected chi connectivity index (χ1v) is 25.8. The number of unbranched alkanes of at least 4 members (excludes halogenated alkanes) is 30. The molecule has 0 fully saturated rings. The molecule has 0 rings (SSSR count). The van der Waals surface area contributed by atoms with Crippen molar-refractivity contribution in [2.45, 2.75) is 291 Å². The van der Waals surface area contributed by atoms with Crippen LogP contribution in [0.4, 0.5) is 0 Å². The van der Waals surface area contributed by atoms with E-state index in [0.29, 0.717) is 19.3 Å². The monoisotopic (exact) mass is 821 g/mol. The van der Waals surface area contributed by atoms with Crippen LogP contribution in [0.5, 0.6) is 0 Å². The maximum absolute atomic E-state index is 12.7. The lowest BCUT2D eigenvalue weighted by Gasteiger charge is -2.18. The third kappa shape index (κ3) is 44.0. The van der Waals surface area contributed by atoms with Crippen molar-refractivity contribution in [2.24, 2.45) is 11.8 Å². The first-order chi connectivity index (χ1) is 28.3. The predicted molar refractivity (Wildman–Crippen MR) is 247 cm³/mol. The molecule has 0 aliphatic heterocycles. The molecule has 1 unspecified atom stereocenters. The average molecular weight is 821 g/mol. The Kier molecular flexibility index (Phi) is 43.7. The molecule has 0 aromatic carbocycles. The second-order valence-electron chi connectivity index (χ2n) is 18.5. The number of esters is 3. The van der Waals surface area contributed by atoms with Gasteiger partial charge in [0.05, 0.1) is 0 Å². The third-order valence-electron chi connectivity index (χ3n) is 12.1. The molecule has 0 aliphatic carbocycles. The van der Waals surface area contributed by atoms with Gasteiger partial charge in [-0.15, -0.1) is 0 Å². The van der Waals surface area contributed by atoms with Crippen molar-refractivity contribution in [3.05, 3.63) is 0 Å². The van der Waals surface area contributed by atoms with Crippen molar-refractivity contribution >= 4 is 17.9 Å². The molecule has 0 aromatic rings. The number of carbonyl (C=O) groups is 3. The quantitative estimate of drug-likeness (QED) is 0.0346. The van der Waals surface area contributed by atoms with Crippen LogP contribution < -0.4 is 0 Å².